The van der Waals surface area contributed by atoms with Gasteiger partial charge in [-0.05, 0) is 24.8 Å². The molecule has 0 aliphatic heterocycles. The summed E-state index contributed by atoms with van der Waals surface area (Å²) >= 11 is 0. The molecule has 0 bridgehead atoms. The molecule has 0 saturated heterocycles. The molecular formula is C14H23N3. The van der Waals surface area contributed by atoms with Crippen LogP contribution in [0.4, 0.5) is 0 Å². The Balaban J connectivity index is 2.22. The van der Waals surface area contributed by atoms with Crippen molar-refractivity contribution in [2.45, 2.75) is 52.0 Å². The highest BCUT2D eigenvalue weighted by atomic mass is 15.0. The van der Waals surface area contributed by atoms with Crippen molar-refractivity contribution in [3.8, 4) is 0 Å². The zero-order valence-electron chi connectivity index (χ0n) is 10.9. The minimum atomic E-state index is 0.338. The standard InChI is InChI=1S/C14H23N3/c1-3-16-13(12-11-15-9-10-17-12)14(2)7-5-4-6-8-14/h9-11,13,16H,3-8H2,1-2H3. The van der Waals surface area contributed by atoms with Gasteiger partial charge in [-0.15, -0.1) is 0 Å². The minimum Gasteiger partial charge on any atom is -0.308 e. The minimum absolute atomic E-state index is 0.338. The third-order valence-corrected chi connectivity index (χ3v) is 3.98. The van der Waals surface area contributed by atoms with Gasteiger partial charge in [0.05, 0.1) is 11.7 Å². The Morgan fingerprint density at radius 1 is 1.29 bits per heavy atom. The lowest BCUT2D eigenvalue weighted by Gasteiger charge is -2.40. The van der Waals surface area contributed by atoms with Crippen LogP contribution in [0.3, 0.4) is 0 Å². The van der Waals surface area contributed by atoms with Crippen LogP contribution in [0.25, 0.3) is 0 Å². The Kier molecular flexibility index (Phi) is 4.11. The molecule has 1 fully saturated rings. The van der Waals surface area contributed by atoms with Crippen LogP contribution in [-0.4, -0.2) is 16.5 Å². The number of nitrogens with one attached hydrogen (secondary N) is 1. The summed E-state index contributed by atoms with van der Waals surface area (Å²) in [6, 6.07) is 0.349. The van der Waals surface area contributed by atoms with E-state index in [1.165, 1.54) is 32.1 Å². The molecule has 1 aliphatic carbocycles. The second-order valence-electron chi connectivity index (χ2n) is 5.34. The van der Waals surface area contributed by atoms with E-state index in [1.54, 1.807) is 12.4 Å². The van der Waals surface area contributed by atoms with Gasteiger partial charge < -0.3 is 5.32 Å². The summed E-state index contributed by atoms with van der Waals surface area (Å²) in [6.07, 6.45) is 12.1. The fourth-order valence-electron chi connectivity index (χ4n) is 3.02. The molecule has 0 spiro atoms. The second-order valence-corrected chi connectivity index (χ2v) is 5.34. The monoisotopic (exact) mass is 233 g/mol. The van der Waals surface area contributed by atoms with Gasteiger partial charge in [-0.1, -0.05) is 33.1 Å². The van der Waals surface area contributed by atoms with E-state index in [-0.39, 0.29) is 0 Å². The first-order valence-corrected chi connectivity index (χ1v) is 6.75. The van der Waals surface area contributed by atoms with Crippen molar-refractivity contribution in [2.75, 3.05) is 6.54 Å². The first kappa shape index (κ1) is 12.5. The van der Waals surface area contributed by atoms with Crippen LogP contribution >= 0.6 is 0 Å². The van der Waals surface area contributed by atoms with Gasteiger partial charge >= 0.3 is 0 Å². The van der Waals surface area contributed by atoms with E-state index in [9.17, 15) is 0 Å². The number of rotatable bonds is 4. The van der Waals surface area contributed by atoms with E-state index >= 15 is 0 Å². The maximum atomic E-state index is 4.49. The van der Waals surface area contributed by atoms with Gasteiger partial charge in [0.2, 0.25) is 0 Å². The van der Waals surface area contributed by atoms with E-state index < -0.39 is 0 Å². The molecule has 17 heavy (non-hydrogen) atoms. The van der Waals surface area contributed by atoms with Gasteiger partial charge in [0, 0.05) is 18.6 Å². The number of hydrogen-bond acceptors (Lipinski definition) is 3. The Labute approximate surface area is 104 Å². The smallest absolute Gasteiger partial charge is 0.0761 e. The van der Waals surface area contributed by atoms with Crippen LogP contribution in [0.1, 0.15) is 57.7 Å². The molecule has 1 aliphatic rings. The molecule has 1 saturated carbocycles. The molecule has 0 amide bonds. The van der Waals surface area contributed by atoms with E-state index in [1.807, 2.05) is 6.20 Å². The van der Waals surface area contributed by atoms with Crippen molar-refractivity contribution in [3.63, 3.8) is 0 Å². The molecule has 3 heteroatoms. The van der Waals surface area contributed by atoms with Crippen LogP contribution in [-0.2, 0) is 0 Å². The average Bonchev–Trinajstić information content (AvgIpc) is 2.38. The predicted octanol–water partition coefficient (Wildman–Crippen LogP) is 3.10. The lowest BCUT2D eigenvalue weighted by molar-refractivity contribution is 0.143. The molecule has 1 atom stereocenters. The van der Waals surface area contributed by atoms with Crippen LogP contribution in [0.5, 0.6) is 0 Å². The number of nitrogens with zero attached hydrogens (tertiary/aromatic N) is 2. The number of aromatic nitrogens is 2. The summed E-state index contributed by atoms with van der Waals surface area (Å²) < 4.78 is 0. The van der Waals surface area contributed by atoms with Gasteiger partial charge in [0.1, 0.15) is 0 Å². The summed E-state index contributed by atoms with van der Waals surface area (Å²) in [4.78, 5) is 8.70. The summed E-state index contributed by atoms with van der Waals surface area (Å²) in [7, 11) is 0. The molecular weight excluding hydrogens is 210 g/mol. The summed E-state index contributed by atoms with van der Waals surface area (Å²) in [5, 5.41) is 3.61. The van der Waals surface area contributed by atoms with Gasteiger partial charge in [-0.25, -0.2) is 0 Å². The number of hydrogen-bond donors (Lipinski definition) is 1. The predicted molar refractivity (Wildman–Crippen MR) is 69.6 cm³/mol. The lowest BCUT2D eigenvalue weighted by atomic mass is 9.69. The molecule has 1 heterocycles. The molecule has 2 rings (SSSR count). The Morgan fingerprint density at radius 3 is 2.65 bits per heavy atom. The average molecular weight is 233 g/mol. The van der Waals surface area contributed by atoms with Crippen molar-refractivity contribution in [1.29, 1.82) is 0 Å². The van der Waals surface area contributed by atoms with Gasteiger partial charge in [-0.2, -0.15) is 0 Å². The third-order valence-electron chi connectivity index (χ3n) is 3.98. The van der Waals surface area contributed by atoms with Crippen molar-refractivity contribution in [2.24, 2.45) is 5.41 Å². The van der Waals surface area contributed by atoms with E-state index in [0.29, 0.717) is 11.5 Å². The molecule has 1 N–H and O–H groups in total. The topological polar surface area (TPSA) is 37.8 Å². The molecule has 1 aromatic heterocycles. The van der Waals surface area contributed by atoms with E-state index in [2.05, 4.69) is 29.1 Å². The summed E-state index contributed by atoms with van der Waals surface area (Å²) in [5.74, 6) is 0. The zero-order chi connectivity index (χ0) is 12.1. The summed E-state index contributed by atoms with van der Waals surface area (Å²) in [5.41, 5.74) is 1.43. The second kappa shape index (κ2) is 5.58. The van der Waals surface area contributed by atoms with E-state index in [4.69, 9.17) is 0 Å². The first-order chi connectivity index (χ1) is 8.26. The zero-order valence-corrected chi connectivity index (χ0v) is 10.9. The highest BCUT2D eigenvalue weighted by molar-refractivity contribution is 5.08. The van der Waals surface area contributed by atoms with Gasteiger partial charge in [0.25, 0.3) is 0 Å². The van der Waals surface area contributed by atoms with Crippen molar-refractivity contribution in [3.05, 3.63) is 24.3 Å². The van der Waals surface area contributed by atoms with E-state index in [0.717, 1.165) is 12.2 Å². The molecule has 0 radical (unpaired) electrons. The van der Waals surface area contributed by atoms with Crippen molar-refractivity contribution in [1.82, 2.24) is 15.3 Å². The van der Waals surface area contributed by atoms with Crippen LogP contribution in [0, 0.1) is 5.41 Å². The van der Waals surface area contributed by atoms with Crippen LogP contribution in [0.15, 0.2) is 18.6 Å². The maximum Gasteiger partial charge on any atom is 0.0761 e. The molecule has 94 valence electrons. The van der Waals surface area contributed by atoms with Gasteiger partial charge in [-0.3, -0.25) is 9.97 Å². The Bertz CT molecular complexity index is 331. The largest absolute Gasteiger partial charge is 0.308 e. The lowest BCUT2D eigenvalue weighted by Crippen LogP contribution is -2.38. The molecule has 0 aromatic carbocycles. The fourth-order valence-corrected chi connectivity index (χ4v) is 3.02. The fraction of sp³-hybridized carbons (Fsp3) is 0.714. The first-order valence-electron chi connectivity index (χ1n) is 6.75. The normalized spacial score (nSPS) is 21.1. The van der Waals surface area contributed by atoms with Crippen molar-refractivity contribution < 1.29 is 0 Å². The molecule has 1 unspecified atom stereocenters. The summed E-state index contributed by atoms with van der Waals surface area (Å²) in [6.45, 7) is 5.54. The van der Waals surface area contributed by atoms with Crippen LogP contribution in [0.2, 0.25) is 0 Å². The quantitative estimate of drug-likeness (QED) is 0.868. The SMILES string of the molecule is CCNC(c1cnccn1)C1(C)CCCCC1. The Hall–Kier alpha value is -0.960. The maximum absolute atomic E-state index is 4.49. The molecule has 3 nitrogen and oxygen atoms in total. The highest BCUT2D eigenvalue weighted by Gasteiger charge is 2.36. The van der Waals surface area contributed by atoms with Crippen molar-refractivity contribution >= 4 is 0 Å². The third kappa shape index (κ3) is 2.83. The highest BCUT2D eigenvalue weighted by Crippen LogP contribution is 2.44. The Morgan fingerprint density at radius 2 is 2.06 bits per heavy atom. The molecule has 1 aromatic rings. The van der Waals surface area contributed by atoms with Crippen LogP contribution < -0.4 is 5.32 Å². The van der Waals surface area contributed by atoms with Gasteiger partial charge in [0.15, 0.2) is 0 Å².